The van der Waals surface area contributed by atoms with Gasteiger partial charge in [0.05, 0.1) is 17.0 Å². The van der Waals surface area contributed by atoms with Gasteiger partial charge in [-0.1, -0.05) is 34.1 Å². The minimum Gasteiger partial charge on any atom is -0.454 e. The molecule has 33 heavy (non-hydrogen) atoms. The zero-order valence-corrected chi connectivity index (χ0v) is 18.6. The highest BCUT2D eigenvalue weighted by molar-refractivity contribution is 9.10. The average molecular weight is 508 g/mol. The predicted molar refractivity (Wildman–Crippen MR) is 121 cm³/mol. The van der Waals surface area contributed by atoms with Crippen LogP contribution >= 0.6 is 15.9 Å². The molecule has 0 N–H and O–H groups in total. The molecule has 2 aliphatic rings. The van der Waals surface area contributed by atoms with Crippen molar-refractivity contribution < 1.29 is 23.1 Å². The second-order valence-electron chi connectivity index (χ2n) is 7.89. The van der Waals surface area contributed by atoms with E-state index in [4.69, 9.17) is 13.9 Å². The zero-order chi connectivity index (χ0) is 22.7. The molecule has 6 nitrogen and oxygen atoms in total. The Bertz CT molecular complexity index is 1500. The summed E-state index contributed by atoms with van der Waals surface area (Å²) in [5, 5.41) is 0.368. The Labute approximate surface area is 195 Å². The molecule has 8 heteroatoms. The number of halogens is 2. The van der Waals surface area contributed by atoms with Crippen molar-refractivity contribution in [2.24, 2.45) is 0 Å². The third-order valence-electron chi connectivity index (χ3n) is 5.90. The van der Waals surface area contributed by atoms with Gasteiger partial charge in [-0.05, 0) is 53.6 Å². The number of benzene rings is 3. The molecule has 3 heterocycles. The van der Waals surface area contributed by atoms with Crippen LogP contribution < -0.4 is 14.9 Å². The van der Waals surface area contributed by atoms with Crippen molar-refractivity contribution in [3.8, 4) is 11.5 Å². The zero-order valence-electron chi connectivity index (χ0n) is 17.0. The van der Waals surface area contributed by atoms with Gasteiger partial charge < -0.3 is 18.8 Å². The summed E-state index contributed by atoms with van der Waals surface area (Å²) in [6, 6.07) is 15.6. The number of nitrogens with zero attached hydrogens (tertiary/aromatic N) is 1. The number of ether oxygens (including phenoxy) is 2. The van der Waals surface area contributed by atoms with E-state index >= 15 is 0 Å². The largest absolute Gasteiger partial charge is 0.454 e. The second-order valence-corrected chi connectivity index (χ2v) is 8.80. The van der Waals surface area contributed by atoms with Crippen molar-refractivity contribution in [2.45, 2.75) is 12.6 Å². The highest BCUT2D eigenvalue weighted by atomic mass is 79.9. The van der Waals surface area contributed by atoms with Crippen LogP contribution in [-0.2, 0) is 6.54 Å². The number of amides is 1. The summed E-state index contributed by atoms with van der Waals surface area (Å²) < 4.78 is 31.1. The van der Waals surface area contributed by atoms with Gasteiger partial charge in [-0.25, -0.2) is 4.39 Å². The number of carbonyl (C=O) groups is 1. The standard InChI is InChI=1S/C25H15BrFNO5/c26-15-4-8-18-17(10-15)23(29)21-22(14-2-5-16(27)6-3-14)28(25(30)24(21)33-18)11-13-1-7-19-20(9-13)32-12-31-19/h1-10,22H,11-12H2. The number of carbonyl (C=O) groups excluding carboxylic acids is 1. The third kappa shape index (κ3) is 3.21. The van der Waals surface area contributed by atoms with Crippen molar-refractivity contribution in [2.75, 3.05) is 6.79 Å². The van der Waals surface area contributed by atoms with Gasteiger partial charge in [0.15, 0.2) is 16.9 Å². The lowest BCUT2D eigenvalue weighted by molar-refractivity contribution is 0.0714. The monoisotopic (exact) mass is 507 g/mol. The first kappa shape index (κ1) is 20.0. The lowest BCUT2D eigenvalue weighted by Crippen LogP contribution is -2.29. The Hall–Kier alpha value is -3.65. The summed E-state index contributed by atoms with van der Waals surface area (Å²) in [4.78, 5) is 28.6. The summed E-state index contributed by atoms with van der Waals surface area (Å²) in [6.45, 7) is 0.340. The maximum atomic E-state index is 13.7. The van der Waals surface area contributed by atoms with Crippen molar-refractivity contribution in [3.63, 3.8) is 0 Å². The van der Waals surface area contributed by atoms with E-state index in [1.54, 1.807) is 41.3 Å². The molecule has 0 saturated heterocycles. The fraction of sp³-hybridized carbons (Fsp3) is 0.120. The minimum atomic E-state index is -0.724. The number of hydrogen-bond acceptors (Lipinski definition) is 5. The molecule has 1 atom stereocenters. The summed E-state index contributed by atoms with van der Waals surface area (Å²) >= 11 is 3.39. The SMILES string of the molecule is O=C1c2oc3ccc(Br)cc3c(=O)c2C(c2ccc(F)cc2)N1Cc1ccc2c(c1)OCO2. The van der Waals surface area contributed by atoms with E-state index in [2.05, 4.69) is 15.9 Å². The Balaban J connectivity index is 1.52. The number of fused-ring (bicyclic) bond motifs is 3. The fourth-order valence-corrected chi connectivity index (χ4v) is 4.74. The topological polar surface area (TPSA) is 69.0 Å². The minimum absolute atomic E-state index is 0.00453. The van der Waals surface area contributed by atoms with Crippen LogP contribution in [0.5, 0.6) is 11.5 Å². The summed E-state index contributed by atoms with van der Waals surface area (Å²) in [7, 11) is 0. The average Bonchev–Trinajstić information content (AvgIpc) is 3.38. The molecule has 0 spiro atoms. The number of rotatable bonds is 3. The Morgan fingerprint density at radius 1 is 0.970 bits per heavy atom. The second kappa shape index (κ2) is 7.45. The smallest absolute Gasteiger partial charge is 0.291 e. The Kier molecular flexibility index (Phi) is 4.51. The number of hydrogen-bond donors (Lipinski definition) is 0. The quantitative estimate of drug-likeness (QED) is 0.382. The van der Waals surface area contributed by atoms with Gasteiger partial charge >= 0.3 is 0 Å². The van der Waals surface area contributed by atoms with Crippen molar-refractivity contribution >= 4 is 32.8 Å². The first-order valence-electron chi connectivity index (χ1n) is 10.2. The van der Waals surface area contributed by atoms with E-state index in [1.165, 1.54) is 12.1 Å². The van der Waals surface area contributed by atoms with Gasteiger partial charge in [0.2, 0.25) is 12.6 Å². The first-order chi connectivity index (χ1) is 16.0. The molecule has 6 rings (SSSR count). The van der Waals surface area contributed by atoms with E-state index in [0.29, 0.717) is 28.0 Å². The molecule has 164 valence electrons. The van der Waals surface area contributed by atoms with E-state index < -0.39 is 17.8 Å². The van der Waals surface area contributed by atoms with Crippen LogP contribution in [0.25, 0.3) is 11.0 Å². The summed E-state index contributed by atoms with van der Waals surface area (Å²) in [5.41, 5.74) is 1.71. The molecule has 3 aromatic carbocycles. The van der Waals surface area contributed by atoms with Crippen LogP contribution in [0.1, 0.15) is 33.3 Å². The van der Waals surface area contributed by atoms with Gasteiger partial charge in [-0.15, -0.1) is 0 Å². The van der Waals surface area contributed by atoms with Crippen molar-refractivity contribution in [1.82, 2.24) is 4.90 Å². The van der Waals surface area contributed by atoms with Crippen LogP contribution in [0.15, 0.2) is 74.3 Å². The predicted octanol–water partition coefficient (Wildman–Crippen LogP) is 5.17. The van der Waals surface area contributed by atoms with E-state index in [0.717, 1.165) is 10.0 Å². The molecule has 2 aliphatic heterocycles. The molecule has 0 bridgehead atoms. The van der Waals surface area contributed by atoms with Crippen LogP contribution in [0.3, 0.4) is 0 Å². The van der Waals surface area contributed by atoms with Crippen LogP contribution in [0.2, 0.25) is 0 Å². The molecule has 1 unspecified atom stereocenters. The summed E-state index contributed by atoms with van der Waals surface area (Å²) in [6.07, 6.45) is 0. The molecule has 0 radical (unpaired) electrons. The molecular weight excluding hydrogens is 493 g/mol. The Morgan fingerprint density at radius 2 is 1.76 bits per heavy atom. The van der Waals surface area contributed by atoms with Crippen molar-refractivity contribution in [1.29, 1.82) is 0 Å². The van der Waals surface area contributed by atoms with E-state index in [9.17, 15) is 14.0 Å². The molecule has 0 fully saturated rings. The molecular formula is C25H15BrFNO5. The Morgan fingerprint density at radius 3 is 2.58 bits per heavy atom. The maximum absolute atomic E-state index is 13.7. The van der Waals surface area contributed by atoms with Gasteiger partial charge in [0.25, 0.3) is 5.91 Å². The van der Waals surface area contributed by atoms with E-state index in [-0.39, 0.29) is 30.1 Å². The van der Waals surface area contributed by atoms with Crippen LogP contribution in [0, 0.1) is 5.82 Å². The molecule has 0 saturated carbocycles. The first-order valence-corrected chi connectivity index (χ1v) is 11.0. The van der Waals surface area contributed by atoms with Crippen LogP contribution in [-0.4, -0.2) is 17.6 Å². The van der Waals surface area contributed by atoms with Gasteiger partial charge in [0, 0.05) is 11.0 Å². The molecule has 0 aliphatic carbocycles. The molecule has 1 amide bonds. The summed E-state index contributed by atoms with van der Waals surface area (Å²) in [5.74, 6) is 0.433. The normalized spacial score (nSPS) is 16.5. The molecule has 1 aromatic heterocycles. The lowest BCUT2D eigenvalue weighted by Gasteiger charge is -2.25. The fourth-order valence-electron chi connectivity index (χ4n) is 4.38. The highest BCUT2D eigenvalue weighted by Crippen LogP contribution is 2.40. The van der Waals surface area contributed by atoms with E-state index in [1.807, 2.05) is 12.1 Å². The highest BCUT2D eigenvalue weighted by Gasteiger charge is 2.42. The van der Waals surface area contributed by atoms with Gasteiger partial charge in [-0.3, -0.25) is 9.59 Å². The molecule has 4 aromatic rings. The van der Waals surface area contributed by atoms with Crippen LogP contribution in [0.4, 0.5) is 4.39 Å². The third-order valence-corrected chi connectivity index (χ3v) is 6.40. The van der Waals surface area contributed by atoms with Crippen molar-refractivity contribution in [3.05, 3.63) is 104 Å². The van der Waals surface area contributed by atoms with Gasteiger partial charge in [-0.2, -0.15) is 0 Å². The lowest BCUT2D eigenvalue weighted by atomic mass is 9.98. The maximum Gasteiger partial charge on any atom is 0.291 e. The van der Waals surface area contributed by atoms with Gasteiger partial charge in [0.1, 0.15) is 11.4 Å².